The fourth-order valence-electron chi connectivity index (χ4n) is 5.12. The van der Waals surface area contributed by atoms with Gasteiger partial charge in [-0.2, -0.15) is 0 Å². The average Bonchev–Trinajstić information content (AvgIpc) is 3.51. The number of nitrogens with zero attached hydrogens (tertiary/aromatic N) is 4. The summed E-state index contributed by atoms with van der Waals surface area (Å²) in [5.41, 5.74) is 3.70. The van der Waals surface area contributed by atoms with E-state index in [9.17, 15) is 9.90 Å². The van der Waals surface area contributed by atoms with Gasteiger partial charge in [0, 0.05) is 42.7 Å². The fourth-order valence-corrected chi connectivity index (χ4v) is 6.75. The Hall–Kier alpha value is -2.65. The van der Waals surface area contributed by atoms with Gasteiger partial charge in [0.05, 0.1) is 25.8 Å². The van der Waals surface area contributed by atoms with Crippen LogP contribution in [0.2, 0.25) is 10.0 Å². The molecule has 0 atom stereocenters. The molecule has 2 aromatic heterocycles. The molecule has 0 amide bonds. The number of rotatable bonds is 7. The molecule has 0 spiro atoms. The van der Waals surface area contributed by atoms with Crippen molar-refractivity contribution in [3.8, 4) is 11.3 Å². The number of piperidine rings is 1. The molecule has 1 aliphatic heterocycles. The van der Waals surface area contributed by atoms with Crippen molar-refractivity contribution in [2.75, 3.05) is 25.0 Å². The second-order valence-electron chi connectivity index (χ2n) is 9.86. The molecule has 2 aromatic carbocycles. The zero-order chi connectivity index (χ0) is 25.7. The molecule has 192 valence electrons. The number of benzene rings is 2. The number of carbonyl (C=O) groups is 1. The number of halogens is 2. The van der Waals surface area contributed by atoms with Crippen molar-refractivity contribution in [2.24, 2.45) is 0 Å². The van der Waals surface area contributed by atoms with Crippen molar-refractivity contribution in [1.82, 2.24) is 15.0 Å². The van der Waals surface area contributed by atoms with Gasteiger partial charge in [-0.15, -0.1) is 0 Å². The Balaban J connectivity index is 1.17. The van der Waals surface area contributed by atoms with Crippen LogP contribution in [-0.4, -0.2) is 52.3 Å². The van der Waals surface area contributed by atoms with E-state index < -0.39 is 5.97 Å². The SMILES string of the molecule is CN(Cc1c(-c2c(Cl)cccc2Cl)noc1C1CC1)C1CCN(c2nc3ccc(C(=O)O)cc3s2)CC1. The number of carboxylic acid groups (broad SMARTS) is 1. The lowest BCUT2D eigenvalue weighted by molar-refractivity contribution is 0.0697. The maximum atomic E-state index is 11.3. The van der Waals surface area contributed by atoms with Gasteiger partial charge in [-0.1, -0.05) is 45.8 Å². The molecule has 1 saturated heterocycles. The van der Waals surface area contributed by atoms with E-state index in [1.54, 1.807) is 29.5 Å². The summed E-state index contributed by atoms with van der Waals surface area (Å²) >= 11 is 14.6. The third-order valence-corrected chi connectivity index (χ3v) is 9.07. The predicted octanol–water partition coefficient (Wildman–Crippen LogP) is 6.93. The maximum absolute atomic E-state index is 11.3. The summed E-state index contributed by atoms with van der Waals surface area (Å²) in [5.74, 6) is 0.470. The number of anilines is 1. The quantitative estimate of drug-likeness (QED) is 0.264. The molecule has 1 saturated carbocycles. The molecule has 2 aliphatic rings. The van der Waals surface area contributed by atoms with Gasteiger partial charge in [0.1, 0.15) is 11.5 Å². The van der Waals surface area contributed by atoms with Gasteiger partial charge >= 0.3 is 5.97 Å². The molecular weight excluding hydrogens is 531 g/mol. The van der Waals surface area contributed by atoms with Crippen LogP contribution in [0.5, 0.6) is 0 Å². The summed E-state index contributed by atoms with van der Waals surface area (Å²) in [6.45, 7) is 2.50. The highest BCUT2D eigenvalue weighted by molar-refractivity contribution is 7.22. The van der Waals surface area contributed by atoms with Crippen LogP contribution in [0.3, 0.4) is 0 Å². The lowest BCUT2D eigenvalue weighted by atomic mass is 10.0. The Kier molecular flexibility index (Phi) is 6.61. The molecule has 6 rings (SSSR count). The Morgan fingerprint density at radius 3 is 2.57 bits per heavy atom. The number of aromatic nitrogens is 2. The predicted molar refractivity (Wildman–Crippen MR) is 147 cm³/mol. The molecule has 4 aromatic rings. The summed E-state index contributed by atoms with van der Waals surface area (Å²) in [5, 5.41) is 15.8. The van der Waals surface area contributed by atoms with E-state index in [2.05, 4.69) is 22.0 Å². The summed E-state index contributed by atoms with van der Waals surface area (Å²) in [4.78, 5) is 20.8. The first-order valence-corrected chi connectivity index (χ1v) is 14.0. The molecule has 37 heavy (non-hydrogen) atoms. The first-order chi connectivity index (χ1) is 17.9. The minimum absolute atomic E-state index is 0.291. The molecule has 0 unspecified atom stereocenters. The van der Waals surface area contributed by atoms with E-state index in [1.165, 1.54) is 0 Å². The van der Waals surface area contributed by atoms with E-state index in [4.69, 9.17) is 32.7 Å². The van der Waals surface area contributed by atoms with Crippen LogP contribution in [0.25, 0.3) is 21.5 Å². The first-order valence-electron chi connectivity index (χ1n) is 12.4. The number of hydrogen-bond acceptors (Lipinski definition) is 7. The number of aromatic carboxylic acids is 1. The molecular formula is C27H26Cl2N4O3S. The highest BCUT2D eigenvalue weighted by Gasteiger charge is 2.35. The van der Waals surface area contributed by atoms with Crippen LogP contribution in [0.1, 0.15) is 53.3 Å². The Labute approximate surface area is 228 Å². The molecule has 1 aliphatic carbocycles. The van der Waals surface area contributed by atoms with Crippen LogP contribution in [0.4, 0.5) is 5.13 Å². The highest BCUT2D eigenvalue weighted by Crippen LogP contribution is 2.46. The number of fused-ring (bicyclic) bond motifs is 1. The van der Waals surface area contributed by atoms with Gasteiger partial charge in [-0.3, -0.25) is 4.90 Å². The van der Waals surface area contributed by atoms with Crippen LogP contribution in [0.15, 0.2) is 40.9 Å². The molecule has 2 fully saturated rings. The van der Waals surface area contributed by atoms with Crippen molar-refractivity contribution in [3.63, 3.8) is 0 Å². The Morgan fingerprint density at radius 1 is 1.16 bits per heavy atom. The monoisotopic (exact) mass is 556 g/mol. The zero-order valence-electron chi connectivity index (χ0n) is 20.3. The first kappa shape index (κ1) is 24.7. The molecule has 10 heteroatoms. The maximum Gasteiger partial charge on any atom is 0.335 e. The minimum atomic E-state index is -0.918. The molecule has 0 radical (unpaired) electrons. The summed E-state index contributed by atoms with van der Waals surface area (Å²) in [6, 6.07) is 11.0. The number of carboxylic acids is 1. The lowest BCUT2D eigenvalue weighted by Crippen LogP contribution is -2.43. The van der Waals surface area contributed by atoms with E-state index in [0.717, 1.165) is 83.2 Å². The van der Waals surface area contributed by atoms with Gasteiger partial charge in [-0.05, 0) is 63.1 Å². The van der Waals surface area contributed by atoms with Gasteiger partial charge in [0.2, 0.25) is 0 Å². The Morgan fingerprint density at radius 2 is 1.89 bits per heavy atom. The largest absolute Gasteiger partial charge is 0.478 e. The standard InChI is InChI=1S/C27H26Cl2N4O3S/c1-32(14-18-24(31-36-25(18)15-5-6-15)23-19(28)3-2-4-20(23)29)17-9-11-33(12-10-17)27-30-21-8-7-16(26(34)35)13-22(21)37-27/h2-4,7-8,13,15,17H,5-6,9-12,14H2,1H3,(H,34,35). The zero-order valence-corrected chi connectivity index (χ0v) is 22.6. The summed E-state index contributed by atoms with van der Waals surface area (Å²) < 4.78 is 6.76. The van der Waals surface area contributed by atoms with Crippen LogP contribution in [0, 0.1) is 0 Å². The van der Waals surface area contributed by atoms with Gasteiger partial charge < -0.3 is 14.5 Å². The van der Waals surface area contributed by atoms with Crippen molar-refractivity contribution >= 4 is 55.9 Å². The topological polar surface area (TPSA) is 82.7 Å². The summed E-state index contributed by atoms with van der Waals surface area (Å²) in [7, 11) is 2.16. The smallest absolute Gasteiger partial charge is 0.335 e. The number of thiazole rings is 1. The van der Waals surface area contributed by atoms with Crippen molar-refractivity contribution < 1.29 is 14.4 Å². The van der Waals surface area contributed by atoms with Crippen molar-refractivity contribution in [3.05, 3.63) is 63.3 Å². The van der Waals surface area contributed by atoms with Gasteiger partial charge in [0.25, 0.3) is 0 Å². The number of hydrogen-bond donors (Lipinski definition) is 1. The van der Waals surface area contributed by atoms with E-state index >= 15 is 0 Å². The van der Waals surface area contributed by atoms with E-state index in [1.807, 2.05) is 18.2 Å². The molecule has 1 N–H and O–H groups in total. The second kappa shape index (κ2) is 9.91. The van der Waals surface area contributed by atoms with E-state index in [-0.39, 0.29) is 0 Å². The fraction of sp³-hybridized carbons (Fsp3) is 0.370. The molecule has 3 heterocycles. The normalized spacial score (nSPS) is 16.7. The summed E-state index contributed by atoms with van der Waals surface area (Å²) in [6.07, 6.45) is 4.24. The molecule has 0 bridgehead atoms. The third kappa shape index (κ3) is 4.83. The van der Waals surface area contributed by atoms with Gasteiger partial charge in [-0.25, -0.2) is 9.78 Å². The van der Waals surface area contributed by atoms with Crippen LogP contribution in [-0.2, 0) is 6.54 Å². The minimum Gasteiger partial charge on any atom is -0.478 e. The van der Waals surface area contributed by atoms with Crippen LogP contribution < -0.4 is 4.90 Å². The van der Waals surface area contributed by atoms with E-state index in [0.29, 0.717) is 27.6 Å². The van der Waals surface area contributed by atoms with Crippen molar-refractivity contribution in [2.45, 2.75) is 44.2 Å². The highest BCUT2D eigenvalue weighted by atomic mass is 35.5. The van der Waals surface area contributed by atoms with Crippen molar-refractivity contribution in [1.29, 1.82) is 0 Å². The molecule has 7 nitrogen and oxygen atoms in total. The average molecular weight is 558 g/mol. The van der Waals surface area contributed by atoms with Crippen LogP contribution >= 0.6 is 34.5 Å². The lowest BCUT2D eigenvalue weighted by Gasteiger charge is -2.36. The van der Waals surface area contributed by atoms with Gasteiger partial charge in [0.15, 0.2) is 5.13 Å². The second-order valence-corrected chi connectivity index (χ2v) is 11.7. The third-order valence-electron chi connectivity index (χ3n) is 7.36. The Bertz CT molecular complexity index is 1450.